The van der Waals surface area contributed by atoms with Gasteiger partial charge in [-0.2, -0.15) is 0 Å². The van der Waals surface area contributed by atoms with Gasteiger partial charge in [-0.1, -0.05) is 30.3 Å². The number of nitrogens with zero attached hydrogens (tertiary/aromatic N) is 2. The van der Waals surface area contributed by atoms with E-state index in [1.807, 2.05) is 61.5 Å². The van der Waals surface area contributed by atoms with Crippen LogP contribution < -0.4 is 9.64 Å². The Labute approximate surface area is 170 Å². The number of hydrogen-bond acceptors (Lipinski definition) is 5. The number of ether oxygens (including phenoxy) is 1. The summed E-state index contributed by atoms with van der Waals surface area (Å²) in [6.45, 7) is 3.82. The number of rotatable bonds is 7. The zero-order valence-electron chi connectivity index (χ0n) is 16.5. The van der Waals surface area contributed by atoms with E-state index in [9.17, 15) is 4.79 Å². The van der Waals surface area contributed by atoms with Gasteiger partial charge in [0.05, 0.1) is 11.1 Å². The lowest BCUT2D eigenvalue weighted by atomic mass is 10.0. The van der Waals surface area contributed by atoms with Crippen molar-refractivity contribution in [3.05, 3.63) is 59.7 Å². The molecule has 0 unspecified atom stereocenters. The molecule has 0 atom stereocenters. The molecule has 1 fully saturated rings. The summed E-state index contributed by atoms with van der Waals surface area (Å²) in [5, 5.41) is 1.99. The number of benzene rings is 2. The van der Waals surface area contributed by atoms with Crippen LogP contribution in [0.4, 0.5) is 5.00 Å². The van der Waals surface area contributed by atoms with Crippen LogP contribution in [0.2, 0.25) is 0 Å². The van der Waals surface area contributed by atoms with Crippen LogP contribution in [0.25, 0.3) is 10.1 Å². The normalized spacial score (nSPS) is 14.5. The number of carbonyl (C=O) groups is 1. The fourth-order valence-corrected chi connectivity index (χ4v) is 4.89. The lowest BCUT2D eigenvalue weighted by molar-refractivity contribution is 0.103. The van der Waals surface area contributed by atoms with Crippen LogP contribution in [-0.2, 0) is 0 Å². The molecule has 0 spiro atoms. The van der Waals surface area contributed by atoms with Gasteiger partial charge in [0.2, 0.25) is 0 Å². The Morgan fingerprint density at radius 2 is 1.79 bits per heavy atom. The SMILES string of the molecule is CN(C)c1sc2ccccc2c1C(=O)c1ccccc1OCCN1CCCC1. The molecule has 0 bridgehead atoms. The quantitative estimate of drug-likeness (QED) is 0.545. The van der Waals surface area contributed by atoms with Gasteiger partial charge >= 0.3 is 0 Å². The van der Waals surface area contributed by atoms with E-state index in [0.717, 1.165) is 40.3 Å². The lowest BCUT2D eigenvalue weighted by Crippen LogP contribution is -2.25. The first-order valence-corrected chi connectivity index (χ1v) is 10.6. The van der Waals surface area contributed by atoms with Crippen molar-refractivity contribution in [1.82, 2.24) is 4.90 Å². The van der Waals surface area contributed by atoms with Crippen LogP contribution in [0, 0.1) is 0 Å². The Bertz CT molecular complexity index is 974. The summed E-state index contributed by atoms with van der Waals surface area (Å²) in [5.74, 6) is 0.699. The highest BCUT2D eigenvalue weighted by atomic mass is 32.1. The minimum absolute atomic E-state index is 0.0259. The molecule has 146 valence electrons. The third kappa shape index (κ3) is 3.77. The van der Waals surface area contributed by atoms with Crippen LogP contribution in [0.5, 0.6) is 5.75 Å². The molecule has 5 heteroatoms. The van der Waals surface area contributed by atoms with Crippen molar-refractivity contribution in [1.29, 1.82) is 0 Å². The van der Waals surface area contributed by atoms with Crippen molar-refractivity contribution < 1.29 is 9.53 Å². The largest absolute Gasteiger partial charge is 0.491 e. The predicted octanol–water partition coefficient (Wildman–Crippen LogP) is 4.67. The fraction of sp³-hybridized carbons (Fsp3) is 0.348. The Hall–Kier alpha value is -2.37. The number of hydrogen-bond donors (Lipinski definition) is 0. The molecule has 2 heterocycles. The number of para-hydroxylation sites is 1. The number of thiophene rings is 1. The number of carbonyl (C=O) groups excluding carboxylic acids is 1. The van der Waals surface area contributed by atoms with Gasteiger partial charge in [-0.15, -0.1) is 11.3 Å². The molecule has 0 N–H and O–H groups in total. The molecule has 1 aliphatic heterocycles. The third-order valence-electron chi connectivity index (χ3n) is 5.21. The molecule has 1 aliphatic rings. The number of ketones is 1. The maximum Gasteiger partial charge on any atom is 0.200 e. The van der Waals surface area contributed by atoms with E-state index in [1.54, 1.807) is 11.3 Å². The van der Waals surface area contributed by atoms with Crippen LogP contribution in [-0.4, -0.2) is 51.0 Å². The monoisotopic (exact) mass is 394 g/mol. The Morgan fingerprint density at radius 3 is 2.57 bits per heavy atom. The van der Waals surface area contributed by atoms with E-state index in [1.165, 1.54) is 12.8 Å². The summed E-state index contributed by atoms with van der Waals surface area (Å²) < 4.78 is 7.18. The molecule has 28 heavy (non-hydrogen) atoms. The van der Waals surface area contributed by atoms with Gasteiger partial charge in [0.15, 0.2) is 5.78 Å². The van der Waals surface area contributed by atoms with E-state index in [-0.39, 0.29) is 5.78 Å². The molecule has 3 aromatic rings. The van der Waals surface area contributed by atoms with E-state index in [4.69, 9.17) is 4.74 Å². The second kappa shape index (κ2) is 8.33. The van der Waals surface area contributed by atoms with E-state index in [0.29, 0.717) is 17.9 Å². The molecule has 0 aliphatic carbocycles. The highest BCUT2D eigenvalue weighted by molar-refractivity contribution is 7.23. The highest BCUT2D eigenvalue weighted by Gasteiger charge is 2.24. The minimum atomic E-state index is 0.0259. The number of fused-ring (bicyclic) bond motifs is 1. The predicted molar refractivity (Wildman–Crippen MR) is 117 cm³/mol. The Kier molecular flexibility index (Phi) is 5.64. The van der Waals surface area contributed by atoms with Crippen molar-refractivity contribution in [2.75, 3.05) is 45.2 Å². The van der Waals surface area contributed by atoms with Gasteiger partial charge in [-0.05, 0) is 44.1 Å². The highest BCUT2D eigenvalue weighted by Crippen LogP contribution is 2.39. The molecule has 4 nitrogen and oxygen atoms in total. The molecular weight excluding hydrogens is 368 g/mol. The van der Waals surface area contributed by atoms with Crippen LogP contribution >= 0.6 is 11.3 Å². The first kappa shape index (κ1) is 19.0. The lowest BCUT2D eigenvalue weighted by Gasteiger charge is -2.17. The molecule has 0 saturated carbocycles. The van der Waals surface area contributed by atoms with Crippen molar-refractivity contribution in [3.8, 4) is 5.75 Å². The molecule has 1 aromatic heterocycles. The maximum atomic E-state index is 13.6. The first-order valence-electron chi connectivity index (χ1n) is 9.83. The molecule has 0 radical (unpaired) electrons. The Morgan fingerprint density at radius 1 is 1.07 bits per heavy atom. The molecular formula is C23H26N2O2S. The molecule has 1 saturated heterocycles. The smallest absolute Gasteiger partial charge is 0.200 e. The molecule has 0 amide bonds. The van der Waals surface area contributed by atoms with E-state index >= 15 is 0 Å². The average molecular weight is 395 g/mol. The van der Waals surface area contributed by atoms with Gasteiger partial charge < -0.3 is 9.64 Å². The average Bonchev–Trinajstić information content (AvgIpc) is 3.35. The maximum absolute atomic E-state index is 13.6. The fourth-order valence-electron chi connectivity index (χ4n) is 3.77. The summed E-state index contributed by atoms with van der Waals surface area (Å²) in [5.41, 5.74) is 1.40. The number of likely N-dealkylation sites (tertiary alicyclic amines) is 1. The summed E-state index contributed by atoms with van der Waals surface area (Å²) in [6, 6.07) is 15.7. The van der Waals surface area contributed by atoms with Gasteiger partial charge in [0.25, 0.3) is 0 Å². The second-order valence-electron chi connectivity index (χ2n) is 7.40. The third-order valence-corrected chi connectivity index (χ3v) is 6.54. The summed E-state index contributed by atoms with van der Waals surface area (Å²) >= 11 is 1.65. The minimum Gasteiger partial charge on any atom is -0.491 e. The Balaban J connectivity index is 1.63. The zero-order chi connectivity index (χ0) is 19.5. The van der Waals surface area contributed by atoms with Crippen molar-refractivity contribution >= 4 is 32.2 Å². The van der Waals surface area contributed by atoms with Crippen molar-refractivity contribution in [3.63, 3.8) is 0 Å². The standard InChI is InChI=1S/C23H26N2O2S/c1-24(2)23-21(18-10-4-6-12-20(18)28-23)22(26)17-9-3-5-11-19(17)27-16-15-25-13-7-8-14-25/h3-6,9-12H,7-8,13-16H2,1-2H3. The summed E-state index contributed by atoms with van der Waals surface area (Å²) in [7, 11) is 3.97. The zero-order valence-corrected chi connectivity index (χ0v) is 17.3. The molecule has 4 rings (SSSR count). The number of anilines is 1. The first-order chi connectivity index (χ1) is 13.6. The van der Waals surface area contributed by atoms with E-state index < -0.39 is 0 Å². The van der Waals surface area contributed by atoms with Gasteiger partial charge in [-0.3, -0.25) is 9.69 Å². The van der Waals surface area contributed by atoms with Gasteiger partial charge in [0, 0.05) is 30.7 Å². The summed E-state index contributed by atoms with van der Waals surface area (Å²) in [6.07, 6.45) is 2.54. The topological polar surface area (TPSA) is 32.8 Å². The second-order valence-corrected chi connectivity index (χ2v) is 8.43. The van der Waals surface area contributed by atoms with E-state index in [2.05, 4.69) is 11.0 Å². The van der Waals surface area contributed by atoms with Crippen LogP contribution in [0.3, 0.4) is 0 Å². The molecule has 2 aromatic carbocycles. The van der Waals surface area contributed by atoms with Crippen LogP contribution in [0.1, 0.15) is 28.8 Å². The van der Waals surface area contributed by atoms with Crippen molar-refractivity contribution in [2.24, 2.45) is 0 Å². The van der Waals surface area contributed by atoms with Gasteiger partial charge in [0.1, 0.15) is 17.4 Å². The van der Waals surface area contributed by atoms with Crippen LogP contribution in [0.15, 0.2) is 48.5 Å². The summed E-state index contributed by atoms with van der Waals surface area (Å²) in [4.78, 5) is 18.0. The van der Waals surface area contributed by atoms with Gasteiger partial charge in [-0.25, -0.2) is 0 Å². The van der Waals surface area contributed by atoms with Crippen molar-refractivity contribution in [2.45, 2.75) is 12.8 Å².